The van der Waals surface area contributed by atoms with E-state index < -0.39 is 0 Å². The molecule has 0 radical (unpaired) electrons. The second-order valence-corrected chi connectivity index (χ2v) is 7.25. The van der Waals surface area contributed by atoms with Crippen molar-refractivity contribution in [2.45, 2.75) is 11.4 Å². The standard InChI is InChI=1S/C19H18ClN3O3S/c1-24-16-8-6-15(7-9-16)23-18(13-2-4-14(20)5-3-13)21-22-19(23)27-12-17-25-10-11-26-17/h2-9,17H,10-12H2,1H3. The summed E-state index contributed by atoms with van der Waals surface area (Å²) < 4.78 is 18.3. The average molecular weight is 404 g/mol. The van der Waals surface area contributed by atoms with Crippen LogP contribution < -0.4 is 4.74 Å². The normalized spacial score (nSPS) is 14.6. The first-order valence-corrected chi connectivity index (χ1v) is 9.83. The van der Waals surface area contributed by atoms with Crippen molar-refractivity contribution in [1.82, 2.24) is 14.8 Å². The smallest absolute Gasteiger partial charge is 0.196 e. The third-order valence-corrected chi connectivity index (χ3v) is 5.32. The van der Waals surface area contributed by atoms with Crippen molar-refractivity contribution < 1.29 is 14.2 Å². The van der Waals surface area contributed by atoms with Gasteiger partial charge in [0, 0.05) is 16.3 Å². The zero-order valence-corrected chi connectivity index (χ0v) is 16.2. The Hall–Kier alpha value is -2.06. The molecule has 140 valence electrons. The van der Waals surface area contributed by atoms with Gasteiger partial charge in [0.1, 0.15) is 5.75 Å². The molecule has 0 bridgehead atoms. The lowest BCUT2D eigenvalue weighted by atomic mass is 10.2. The molecule has 4 rings (SSSR count). The van der Waals surface area contributed by atoms with E-state index in [1.807, 2.05) is 53.1 Å². The van der Waals surface area contributed by atoms with Crippen LogP contribution >= 0.6 is 23.4 Å². The molecule has 1 aliphatic rings. The van der Waals surface area contributed by atoms with Gasteiger partial charge in [-0.2, -0.15) is 0 Å². The second-order valence-electron chi connectivity index (χ2n) is 5.83. The Kier molecular flexibility index (Phi) is 5.63. The average Bonchev–Trinajstić information content (AvgIpc) is 3.37. The molecule has 0 aliphatic carbocycles. The SMILES string of the molecule is COc1ccc(-n2c(SCC3OCCO3)nnc2-c2ccc(Cl)cc2)cc1. The summed E-state index contributed by atoms with van der Waals surface area (Å²) in [5, 5.41) is 10.3. The van der Waals surface area contributed by atoms with E-state index in [2.05, 4.69) is 10.2 Å². The molecule has 2 aromatic carbocycles. The maximum absolute atomic E-state index is 6.03. The molecule has 1 aromatic heterocycles. The maximum atomic E-state index is 6.03. The van der Waals surface area contributed by atoms with E-state index in [-0.39, 0.29) is 6.29 Å². The highest BCUT2D eigenvalue weighted by atomic mass is 35.5. The highest BCUT2D eigenvalue weighted by Crippen LogP contribution is 2.30. The summed E-state index contributed by atoms with van der Waals surface area (Å²) in [6, 6.07) is 15.3. The fraction of sp³-hybridized carbons (Fsp3) is 0.263. The molecule has 2 heterocycles. The quantitative estimate of drug-likeness (QED) is 0.578. The first kappa shape index (κ1) is 18.3. The molecule has 3 aromatic rings. The van der Waals surface area contributed by atoms with Gasteiger partial charge in [-0.1, -0.05) is 23.4 Å². The van der Waals surface area contributed by atoms with Gasteiger partial charge in [0.05, 0.1) is 26.1 Å². The Labute approximate surface area is 166 Å². The summed E-state index contributed by atoms with van der Waals surface area (Å²) >= 11 is 7.58. The molecule has 8 heteroatoms. The topological polar surface area (TPSA) is 58.4 Å². The van der Waals surface area contributed by atoms with E-state index in [1.54, 1.807) is 18.9 Å². The van der Waals surface area contributed by atoms with Crippen LogP contribution in [0.1, 0.15) is 0 Å². The van der Waals surface area contributed by atoms with Crippen LogP contribution in [-0.2, 0) is 9.47 Å². The number of thioether (sulfide) groups is 1. The van der Waals surface area contributed by atoms with Gasteiger partial charge in [0.2, 0.25) is 0 Å². The van der Waals surface area contributed by atoms with Crippen molar-refractivity contribution in [3.63, 3.8) is 0 Å². The highest BCUT2D eigenvalue weighted by Gasteiger charge is 2.21. The van der Waals surface area contributed by atoms with Gasteiger partial charge in [0.25, 0.3) is 0 Å². The van der Waals surface area contributed by atoms with Gasteiger partial charge in [-0.3, -0.25) is 4.57 Å². The van der Waals surface area contributed by atoms with Crippen LogP contribution in [0, 0.1) is 0 Å². The zero-order chi connectivity index (χ0) is 18.6. The lowest BCUT2D eigenvalue weighted by molar-refractivity contribution is -0.0215. The molecule has 0 amide bonds. The predicted molar refractivity (Wildman–Crippen MR) is 105 cm³/mol. The van der Waals surface area contributed by atoms with Crippen LogP contribution in [0.2, 0.25) is 5.02 Å². The fourth-order valence-corrected chi connectivity index (χ4v) is 3.78. The highest BCUT2D eigenvalue weighted by molar-refractivity contribution is 7.99. The largest absolute Gasteiger partial charge is 0.497 e. The molecule has 0 unspecified atom stereocenters. The monoisotopic (exact) mass is 403 g/mol. The molecular formula is C19H18ClN3O3S. The Morgan fingerprint density at radius 1 is 1.07 bits per heavy atom. The van der Waals surface area contributed by atoms with Crippen LogP contribution in [0.4, 0.5) is 0 Å². The van der Waals surface area contributed by atoms with Gasteiger partial charge in [-0.15, -0.1) is 10.2 Å². The minimum absolute atomic E-state index is 0.213. The van der Waals surface area contributed by atoms with E-state index in [9.17, 15) is 0 Å². The van der Waals surface area contributed by atoms with E-state index in [1.165, 1.54) is 0 Å². The van der Waals surface area contributed by atoms with E-state index >= 15 is 0 Å². The second kappa shape index (κ2) is 8.31. The number of benzene rings is 2. The van der Waals surface area contributed by atoms with Crippen molar-refractivity contribution in [2.24, 2.45) is 0 Å². The number of hydrogen-bond acceptors (Lipinski definition) is 6. The Morgan fingerprint density at radius 3 is 2.44 bits per heavy atom. The van der Waals surface area contributed by atoms with Gasteiger partial charge in [-0.05, 0) is 48.5 Å². The fourth-order valence-electron chi connectivity index (χ4n) is 2.76. The lowest BCUT2D eigenvalue weighted by Crippen LogP contribution is -2.11. The molecule has 27 heavy (non-hydrogen) atoms. The van der Waals surface area contributed by atoms with E-state index in [0.29, 0.717) is 24.0 Å². The van der Waals surface area contributed by atoms with E-state index in [0.717, 1.165) is 28.0 Å². The van der Waals surface area contributed by atoms with Gasteiger partial charge in [0.15, 0.2) is 17.3 Å². The molecule has 6 nitrogen and oxygen atoms in total. The summed E-state index contributed by atoms with van der Waals surface area (Å²) in [7, 11) is 1.65. The van der Waals surface area contributed by atoms with Crippen LogP contribution in [0.3, 0.4) is 0 Å². The lowest BCUT2D eigenvalue weighted by Gasteiger charge is -2.12. The molecule has 1 saturated heterocycles. The Bertz CT molecular complexity index is 894. The first-order chi connectivity index (χ1) is 13.2. The predicted octanol–water partition coefficient (Wildman–Crippen LogP) is 4.06. The van der Waals surface area contributed by atoms with Gasteiger partial charge < -0.3 is 14.2 Å². The molecule has 0 atom stereocenters. The maximum Gasteiger partial charge on any atom is 0.196 e. The Morgan fingerprint density at radius 2 is 1.78 bits per heavy atom. The minimum atomic E-state index is -0.213. The molecule has 0 saturated carbocycles. The number of rotatable bonds is 6. The summed E-state index contributed by atoms with van der Waals surface area (Å²) in [5.74, 6) is 2.18. The Balaban J connectivity index is 1.70. The van der Waals surface area contributed by atoms with Crippen LogP contribution in [0.25, 0.3) is 17.1 Å². The van der Waals surface area contributed by atoms with Crippen molar-refractivity contribution in [2.75, 3.05) is 26.1 Å². The van der Waals surface area contributed by atoms with Crippen molar-refractivity contribution in [3.8, 4) is 22.8 Å². The molecule has 0 spiro atoms. The number of ether oxygens (including phenoxy) is 3. The zero-order valence-electron chi connectivity index (χ0n) is 14.7. The number of hydrogen-bond donors (Lipinski definition) is 0. The van der Waals surface area contributed by atoms with Crippen molar-refractivity contribution in [1.29, 1.82) is 0 Å². The number of aromatic nitrogens is 3. The van der Waals surface area contributed by atoms with Crippen LogP contribution in [-0.4, -0.2) is 47.1 Å². The summed E-state index contributed by atoms with van der Waals surface area (Å²) in [4.78, 5) is 0. The molecule has 1 aliphatic heterocycles. The summed E-state index contributed by atoms with van der Waals surface area (Å²) in [6.45, 7) is 1.26. The third kappa shape index (κ3) is 4.11. The first-order valence-electron chi connectivity index (χ1n) is 8.46. The molecule has 0 N–H and O–H groups in total. The number of halogens is 1. The van der Waals surface area contributed by atoms with Gasteiger partial charge >= 0.3 is 0 Å². The number of methoxy groups -OCH3 is 1. The van der Waals surface area contributed by atoms with Crippen LogP contribution in [0.15, 0.2) is 53.7 Å². The van der Waals surface area contributed by atoms with Crippen molar-refractivity contribution >= 4 is 23.4 Å². The molecule has 1 fully saturated rings. The van der Waals surface area contributed by atoms with Gasteiger partial charge in [-0.25, -0.2) is 0 Å². The van der Waals surface area contributed by atoms with E-state index in [4.69, 9.17) is 25.8 Å². The van der Waals surface area contributed by atoms with Crippen LogP contribution in [0.5, 0.6) is 5.75 Å². The third-order valence-electron chi connectivity index (χ3n) is 4.11. The summed E-state index contributed by atoms with van der Waals surface area (Å²) in [5.41, 5.74) is 1.88. The minimum Gasteiger partial charge on any atom is -0.497 e. The number of nitrogens with zero attached hydrogens (tertiary/aromatic N) is 3. The summed E-state index contributed by atoms with van der Waals surface area (Å²) in [6.07, 6.45) is -0.213. The van der Waals surface area contributed by atoms with Crippen molar-refractivity contribution in [3.05, 3.63) is 53.6 Å². The molecular weight excluding hydrogens is 386 g/mol.